The average molecular weight is 405 g/mol. The third-order valence-corrected chi connectivity index (χ3v) is 4.97. The maximum atomic E-state index is 12.2. The highest BCUT2D eigenvalue weighted by atomic mass is 79.9. The number of halogens is 1. The zero-order valence-corrected chi connectivity index (χ0v) is 15.6. The van der Waals surface area contributed by atoms with Gasteiger partial charge in [-0.1, -0.05) is 58.9 Å². The van der Waals surface area contributed by atoms with Crippen molar-refractivity contribution in [3.63, 3.8) is 0 Å². The lowest BCUT2D eigenvalue weighted by Crippen LogP contribution is -2.29. The smallest absolute Gasteiger partial charge is 0.257 e. The van der Waals surface area contributed by atoms with Crippen LogP contribution in [-0.2, 0) is 4.79 Å². The van der Waals surface area contributed by atoms with Crippen LogP contribution in [0.3, 0.4) is 0 Å². The molecule has 0 fully saturated rings. The molecule has 0 unspecified atom stereocenters. The van der Waals surface area contributed by atoms with Gasteiger partial charge in [0, 0.05) is 4.47 Å². The number of rotatable bonds is 6. The van der Waals surface area contributed by atoms with E-state index in [1.165, 1.54) is 11.8 Å². The SMILES string of the molecule is CC[C@H](NC(=O)CSc1nc2ccccc2o1)c1ccc(Br)cc1. The fourth-order valence-electron chi connectivity index (χ4n) is 2.39. The number of nitrogens with one attached hydrogen (secondary N) is 1. The summed E-state index contributed by atoms with van der Waals surface area (Å²) in [6.45, 7) is 2.06. The predicted octanol–water partition coefficient (Wildman–Crippen LogP) is 4.95. The second-order valence-electron chi connectivity index (χ2n) is 5.32. The maximum Gasteiger partial charge on any atom is 0.257 e. The van der Waals surface area contributed by atoms with Gasteiger partial charge in [-0.2, -0.15) is 0 Å². The van der Waals surface area contributed by atoms with E-state index >= 15 is 0 Å². The number of amides is 1. The summed E-state index contributed by atoms with van der Waals surface area (Å²) in [5, 5.41) is 3.58. The molecule has 1 amide bonds. The van der Waals surface area contributed by atoms with Crippen LogP contribution in [0.1, 0.15) is 24.9 Å². The Kier molecular flexibility index (Phi) is 5.58. The summed E-state index contributed by atoms with van der Waals surface area (Å²) in [6, 6.07) is 15.6. The summed E-state index contributed by atoms with van der Waals surface area (Å²) < 4.78 is 6.64. The molecule has 3 aromatic rings. The van der Waals surface area contributed by atoms with Crippen molar-refractivity contribution in [2.75, 3.05) is 5.75 Å². The highest BCUT2D eigenvalue weighted by molar-refractivity contribution is 9.10. The second kappa shape index (κ2) is 7.85. The minimum Gasteiger partial charge on any atom is -0.431 e. The van der Waals surface area contributed by atoms with Crippen molar-refractivity contribution in [3.05, 3.63) is 58.6 Å². The zero-order chi connectivity index (χ0) is 16.9. The highest BCUT2D eigenvalue weighted by Crippen LogP contribution is 2.24. The number of hydrogen-bond donors (Lipinski definition) is 1. The van der Waals surface area contributed by atoms with Gasteiger partial charge in [-0.25, -0.2) is 4.98 Å². The Morgan fingerprint density at radius 2 is 2.00 bits per heavy atom. The normalized spacial score (nSPS) is 12.2. The molecule has 3 rings (SSSR count). The summed E-state index contributed by atoms with van der Waals surface area (Å²) in [7, 11) is 0. The van der Waals surface area contributed by atoms with Crippen molar-refractivity contribution < 1.29 is 9.21 Å². The summed E-state index contributed by atoms with van der Waals surface area (Å²) in [4.78, 5) is 16.6. The number of fused-ring (bicyclic) bond motifs is 1. The largest absolute Gasteiger partial charge is 0.431 e. The first-order valence-corrected chi connectivity index (χ1v) is 9.46. The third kappa shape index (κ3) is 4.19. The summed E-state index contributed by atoms with van der Waals surface area (Å²) in [6.07, 6.45) is 0.834. The molecule has 2 aromatic carbocycles. The average Bonchev–Trinajstić information content (AvgIpc) is 3.02. The molecular weight excluding hydrogens is 388 g/mol. The van der Waals surface area contributed by atoms with Crippen molar-refractivity contribution >= 4 is 44.7 Å². The summed E-state index contributed by atoms with van der Waals surface area (Å²) in [5.41, 5.74) is 2.64. The molecule has 1 N–H and O–H groups in total. The molecule has 6 heteroatoms. The van der Waals surface area contributed by atoms with Gasteiger partial charge in [0.2, 0.25) is 5.91 Å². The topological polar surface area (TPSA) is 55.1 Å². The Hall–Kier alpha value is -1.79. The van der Waals surface area contributed by atoms with E-state index in [1.54, 1.807) is 0 Å². The third-order valence-electron chi connectivity index (χ3n) is 3.62. The van der Waals surface area contributed by atoms with Gasteiger partial charge in [0.25, 0.3) is 5.22 Å². The van der Waals surface area contributed by atoms with Crippen LogP contribution in [0.2, 0.25) is 0 Å². The fourth-order valence-corrected chi connectivity index (χ4v) is 3.31. The molecule has 0 aliphatic rings. The van der Waals surface area contributed by atoms with Crippen molar-refractivity contribution in [2.24, 2.45) is 0 Å². The van der Waals surface area contributed by atoms with E-state index in [1.807, 2.05) is 48.5 Å². The van der Waals surface area contributed by atoms with E-state index in [2.05, 4.69) is 33.2 Å². The number of hydrogen-bond acceptors (Lipinski definition) is 4. The molecule has 0 saturated carbocycles. The van der Waals surface area contributed by atoms with Crippen LogP contribution < -0.4 is 5.32 Å². The minimum atomic E-state index is -0.0305. The van der Waals surface area contributed by atoms with E-state index in [0.717, 1.165) is 27.6 Å². The fraction of sp³-hybridized carbons (Fsp3) is 0.222. The molecule has 4 nitrogen and oxygen atoms in total. The first kappa shape index (κ1) is 17.0. The number of carbonyl (C=O) groups is 1. The molecule has 0 aliphatic carbocycles. The van der Waals surface area contributed by atoms with Gasteiger partial charge in [-0.3, -0.25) is 4.79 Å². The molecule has 24 heavy (non-hydrogen) atoms. The zero-order valence-electron chi connectivity index (χ0n) is 13.2. The van der Waals surface area contributed by atoms with Crippen LogP contribution in [0.25, 0.3) is 11.1 Å². The lowest BCUT2D eigenvalue weighted by Gasteiger charge is -2.17. The van der Waals surface area contributed by atoms with Gasteiger partial charge in [-0.05, 0) is 36.2 Å². The van der Waals surface area contributed by atoms with Crippen LogP contribution in [0.5, 0.6) is 0 Å². The first-order valence-electron chi connectivity index (χ1n) is 7.69. The summed E-state index contributed by atoms with van der Waals surface area (Å²) in [5.74, 6) is 0.247. The lowest BCUT2D eigenvalue weighted by molar-refractivity contribution is -0.119. The van der Waals surface area contributed by atoms with Gasteiger partial charge in [-0.15, -0.1) is 0 Å². The van der Waals surface area contributed by atoms with Gasteiger partial charge >= 0.3 is 0 Å². The van der Waals surface area contributed by atoms with Gasteiger partial charge in [0.1, 0.15) is 5.52 Å². The molecule has 0 bridgehead atoms. The van der Waals surface area contributed by atoms with Crippen LogP contribution in [-0.4, -0.2) is 16.6 Å². The molecule has 1 aromatic heterocycles. The Balaban J connectivity index is 1.58. The molecule has 124 valence electrons. The summed E-state index contributed by atoms with van der Waals surface area (Å²) >= 11 is 4.73. The standard InChI is InChI=1S/C18H17BrN2O2S/c1-2-14(12-7-9-13(19)10-8-12)20-17(22)11-24-18-21-15-5-3-4-6-16(15)23-18/h3-10,14H,2,11H2,1H3,(H,20,22)/t14-/m0/s1. The minimum absolute atomic E-state index is 0.00910. The Morgan fingerprint density at radius 3 is 2.71 bits per heavy atom. The molecule has 0 spiro atoms. The molecule has 0 radical (unpaired) electrons. The molecule has 1 atom stereocenters. The van der Waals surface area contributed by atoms with E-state index in [9.17, 15) is 4.79 Å². The molecule has 0 saturated heterocycles. The second-order valence-corrected chi connectivity index (χ2v) is 7.16. The maximum absolute atomic E-state index is 12.2. The van der Waals surface area contributed by atoms with Crippen molar-refractivity contribution in [1.82, 2.24) is 10.3 Å². The van der Waals surface area contributed by atoms with Crippen LogP contribution in [0.15, 0.2) is 62.6 Å². The van der Waals surface area contributed by atoms with Crippen LogP contribution in [0, 0.1) is 0 Å². The molecular formula is C18H17BrN2O2S. The number of oxazole rings is 1. The number of benzene rings is 2. The van der Waals surface area contributed by atoms with E-state index in [0.29, 0.717) is 5.22 Å². The van der Waals surface area contributed by atoms with Gasteiger partial charge in [0.05, 0.1) is 11.8 Å². The van der Waals surface area contributed by atoms with Crippen LogP contribution in [0.4, 0.5) is 0 Å². The number of carbonyl (C=O) groups excluding carboxylic acids is 1. The van der Waals surface area contributed by atoms with Crippen LogP contribution >= 0.6 is 27.7 Å². The van der Waals surface area contributed by atoms with E-state index in [4.69, 9.17) is 4.42 Å². The van der Waals surface area contributed by atoms with Gasteiger partial charge in [0.15, 0.2) is 5.58 Å². The highest BCUT2D eigenvalue weighted by Gasteiger charge is 2.14. The van der Waals surface area contributed by atoms with Crippen molar-refractivity contribution in [2.45, 2.75) is 24.6 Å². The number of nitrogens with zero attached hydrogens (tertiary/aromatic N) is 1. The Labute approximate surface area is 153 Å². The number of thioether (sulfide) groups is 1. The predicted molar refractivity (Wildman–Crippen MR) is 100 cm³/mol. The van der Waals surface area contributed by atoms with E-state index < -0.39 is 0 Å². The molecule has 0 aliphatic heterocycles. The quantitative estimate of drug-likeness (QED) is 0.590. The van der Waals surface area contributed by atoms with Crippen molar-refractivity contribution in [3.8, 4) is 0 Å². The first-order chi connectivity index (χ1) is 11.7. The number of aromatic nitrogens is 1. The van der Waals surface area contributed by atoms with E-state index in [-0.39, 0.29) is 17.7 Å². The lowest BCUT2D eigenvalue weighted by atomic mass is 10.0. The Morgan fingerprint density at radius 1 is 1.25 bits per heavy atom. The molecule has 1 heterocycles. The monoisotopic (exact) mass is 404 g/mol. The van der Waals surface area contributed by atoms with Crippen molar-refractivity contribution in [1.29, 1.82) is 0 Å². The van der Waals surface area contributed by atoms with Gasteiger partial charge < -0.3 is 9.73 Å². The Bertz CT molecular complexity index is 799. The number of para-hydroxylation sites is 2.